The van der Waals surface area contributed by atoms with Crippen molar-refractivity contribution in [3.05, 3.63) is 40.6 Å². The summed E-state index contributed by atoms with van der Waals surface area (Å²) in [6.07, 6.45) is 4.36. The van der Waals surface area contributed by atoms with Crippen molar-refractivity contribution in [2.45, 2.75) is 6.42 Å². The highest BCUT2D eigenvalue weighted by molar-refractivity contribution is 7.22. The summed E-state index contributed by atoms with van der Waals surface area (Å²) in [7, 11) is 4.07. The van der Waals surface area contributed by atoms with Crippen LogP contribution in [0, 0.1) is 0 Å². The first-order chi connectivity index (χ1) is 14.1. The number of anilines is 1. The second kappa shape index (κ2) is 10.3. The van der Waals surface area contributed by atoms with Gasteiger partial charge in [-0.1, -0.05) is 17.4 Å². The van der Waals surface area contributed by atoms with E-state index in [0.29, 0.717) is 30.6 Å². The number of hydrogen-bond donors (Lipinski definition) is 0. The number of carbonyl (C=O) groups is 1. The molecule has 1 aromatic carbocycles. The smallest absolute Gasteiger partial charge is 0.252 e. The summed E-state index contributed by atoms with van der Waals surface area (Å²) >= 11 is 3.11. The molecule has 0 spiro atoms. The molecule has 3 aromatic rings. The van der Waals surface area contributed by atoms with Gasteiger partial charge in [0.1, 0.15) is 13.2 Å². The highest BCUT2D eigenvalue weighted by Crippen LogP contribution is 2.38. The van der Waals surface area contributed by atoms with E-state index in [4.69, 9.17) is 14.5 Å². The zero-order chi connectivity index (χ0) is 20.2. The minimum Gasteiger partial charge on any atom is -0.486 e. The Morgan fingerprint density at radius 2 is 1.97 bits per heavy atom. The van der Waals surface area contributed by atoms with E-state index in [-0.39, 0.29) is 18.3 Å². The number of amides is 1. The molecule has 0 atom stereocenters. The number of fused-ring (bicyclic) bond motifs is 2. The first-order valence-corrected chi connectivity index (χ1v) is 11.2. The lowest BCUT2D eigenvalue weighted by Crippen LogP contribution is -2.32. The van der Waals surface area contributed by atoms with E-state index in [0.717, 1.165) is 33.8 Å². The Morgan fingerprint density at radius 1 is 1.20 bits per heavy atom. The molecule has 1 aliphatic heterocycles. The molecule has 0 bridgehead atoms. The van der Waals surface area contributed by atoms with Crippen molar-refractivity contribution in [2.75, 3.05) is 45.3 Å². The normalized spacial score (nSPS) is 13.0. The number of hydrogen-bond acceptors (Lipinski definition) is 7. The first-order valence-electron chi connectivity index (χ1n) is 9.48. The largest absolute Gasteiger partial charge is 0.486 e. The minimum absolute atomic E-state index is 0. The summed E-state index contributed by atoms with van der Waals surface area (Å²) in [5, 5.41) is 2.69. The van der Waals surface area contributed by atoms with Crippen LogP contribution in [0.25, 0.3) is 16.3 Å². The maximum absolute atomic E-state index is 13.0. The van der Waals surface area contributed by atoms with Crippen LogP contribution in [0.1, 0.15) is 11.3 Å². The van der Waals surface area contributed by atoms with Crippen molar-refractivity contribution in [2.24, 2.45) is 0 Å². The average Bonchev–Trinajstić information content (AvgIpc) is 3.36. The Bertz CT molecular complexity index is 975. The van der Waals surface area contributed by atoms with Crippen LogP contribution in [0.3, 0.4) is 0 Å². The Labute approximate surface area is 190 Å². The van der Waals surface area contributed by atoms with Crippen molar-refractivity contribution in [1.82, 2.24) is 9.88 Å². The van der Waals surface area contributed by atoms with E-state index in [1.165, 1.54) is 11.3 Å². The van der Waals surface area contributed by atoms with Crippen molar-refractivity contribution >= 4 is 62.4 Å². The monoisotopic (exact) mass is 465 g/mol. The number of carbonyl (C=O) groups excluding carboxylic acids is 1. The Balaban J connectivity index is 0.00000256. The van der Waals surface area contributed by atoms with Gasteiger partial charge in [0.15, 0.2) is 16.6 Å². The zero-order valence-corrected chi connectivity index (χ0v) is 19.3. The van der Waals surface area contributed by atoms with Gasteiger partial charge in [0.05, 0.1) is 10.2 Å². The summed E-state index contributed by atoms with van der Waals surface area (Å²) in [4.78, 5) is 22.7. The molecule has 0 unspecified atom stereocenters. The molecule has 0 saturated carbocycles. The molecule has 0 saturated heterocycles. The summed E-state index contributed by atoms with van der Waals surface area (Å²) in [5.74, 6) is 1.39. The SMILES string of the molecule is CN(C)CCCN(C(=O)C=Cc1cccs1)c1nc2cc3c(cc2s1)OCCO3.Cl. The Morgan fingerprint density at radius 3 is 2.67 bits per heavy atom. The zero-order valence-electron chi connectivity index (χ0n) is 16.9. The average molecular weight is 466 g/mol. The van der Waals surface area contributed by atoms with Gasteiger partial charge in [0.25, 0.3) is 5.91 Å². The number of nitrogens with zero attached hydrogens (tertiary/aromatic N) is 3. The van der Waals surface area contributed by atoms with Crippen LogP contribution in [0.2, 0.25) is 0 Å². The van der Waals surface area contributed by atoms with Crippen LogP contribution in [-0.4, -0.2) is 56.2 Å². The van der Waals surface area contributed by atoms with E-state index in [9.17, 15) is 4.79 Å². The van der Waals surface area contributed by atoms with Crippen molar-refractivity contribution in [1.29, 1.82) is 0 Å². The van der Waals surface area contributed by atoms with Crippen LogP contribution >= 0.6 is 35.1 Å². The molecule has 4 rings (SSSR count). The molecule has 0 fully saturated rings. The maximum atomic E-state index is 13.0. The summed E-state index contributed by atoms with van der Waals surface area (Å²) in [6.45, 7) is 2.60. The third-order valence-corrected chi connectivity index (χ3v) is 6.34. The molecule has 0 N–H and O–H groups in total. The van der Waals surface area contributed by atoms with Gasteiger partial charge in [-0.15, -0.1) is 23.7 Å². The minimum atomic E-state index is -0.0616. The maximum Gasteiger partial charge on any atom is 0.252 e. The van der Waals surface area contributed by atoms with Gasteiger partial charge in [-0.25, -0.2) is 4.98 Å². The summed E-state index contributed by atoms with van der Waals surface area (Å²) in [5.41, 5.74) is 0.821. The fraction of sp³-hybridized carbons (Fsp3) is 0.333. The van der Waals surface area contributed by atoms with Crippen LogP contribution in [-0.2, 0) is 4.79 Å². The fourth-order valence-corrected chi connectivity index (χ4v) is 4.67. The molecule has 0 aliphatic carbocycles. The van der Waals surface area contributed by atoms with Crippen LogP contribution in [0.4, 0.5) is 5.13 Å². The molecule has 30 heavy (non-hydrogen) atoms. The van der Waals surface area contributed by atoms with Gasteiger partial charge in [-0.3, -0.25) is 9.69 Å². The molecule has 0 radical (unpaired) electrons. The Kier molecular flexibility index (Phi) is 7.71. The predicted molar refractivity (Wildman–Crippen MR) is 127 cm³/mol. The van der Waals surface area contributed by atoms with E-state index < -0.39 is 0 Å². The summed E-state index contributed by atoms with van der Waals surface area (Å²) in [6, 6.07) is 7.82. The van der Waals surface area contributed by atoms with Gasteiger partial charge in [-0.2, -0.15) is 0 Å². The number of rotatable bonds is 7. The molecule has 6 nitrogen and oxygen atoms in total. The number of thiophene rings is 1. The number of ether oxygens (including phenoxy) is 2. The number of thiazole rings is 1. The van der Waals surface area contributed by atoms with Crippen LogP contribution in [0.15, 0.2) is 35.7 Å². The highest BCUT2D eigenvalue weighted by atomic mass is 35.5. The second-order valence-corrected chi connectivity index (χ2v) is 8.94. The van der Waals surface area contributed by atoms with Gasteiger partial charge in [0.2, 0.25) is 0 Å². The molecule has 160 valence electrons. The number of aromatic nitrogens is 1. The lowest BCUT2D eigenvalue weighted by Gasteiger charge is -2.19. The highest BCUT2D eigenvalue weighted by Gasteiger charge is 2.20. The van der Waals surface area contributed by atoms with Gasteiger partial charge in [-0.05, 0) is 44.6 Å². The lowest BCUT2D eigenvalue weighted by atomic mass is 10.3. The van der Waals surface area contributed by atoms with Crippen LogP contribution < -0.4 is 14.4 Å². The van der Waals surface area contributed by atoms with Crippen molar-refractivity contribution in [3.63, 3.8) is 0 Å². The lowest BCUT2D eigenvalue weighted by molar-refractivity contribution is -0.114. The molecule has 9 heteroatoms. The van der Waals surface area contributed by atoms with Gasteiger partial charge >= 0.3 is 0 Å². The van der Waals surface area contributed by atoms with Crippen molar-refractivity contribution in [3.8, 4) is 11.5 Å². The van der Waals surface area contributed by atoms with Gasteiger partial charge in [0, 0.05) is 29.6 Å². The molecule has 3 heterocycles. The quantitative estimate of drug-likeness (QED) is 0.479. The third kappa shape index (κ3) is 5.31. The standard InChI is InChI=1S/C21H23N3O3S2.ClH/c1-23(2)8-4-9-24(20(25)7-6-15-5-3-12-28-15)21-22-16-13-17-18(14-19(16)29-21)27-11-10-26-17;/h3,5-7,12-14H,4,8-11H2,1-2H3;1H. The van der Waals surface area contributed by atoms with Crippen molar-refractivity contribution < 1.29 is 14.3 Å². The number of halogens is 1. The van der Waals surface area contributed by atoms with Gasteiger partial charge < -0.3 is 14.4 Å². The molecule has 1 amide bonds. The summed E-state index contributed by atoms with van der Waals surface area (Å²) < 4.78 is 12.3. The Hall–Kier alpha value is -2.13. The molecular weight excluding hydrogens is 442 g/mol. The van der Waals surface area contributed by atoms with Crippen LogP contribution in [0.5, 0.6) is 11.5 Å². The van der Waals surface area contributed by atoms with E-state index in [2.05, 4.69) is 4.90 Å². The van der Waals surface area contributed by atoms with E-state index in [1.807, 2.05) is 49.8 Å². The molecular formula is C21H24ClN3O3S2. The fourth-order valence-electron chi connectivity index (χ4n) is 3.04. The van der Waals surface area contributed by atoms with E-state index in [1.54, 1.807) is 22.3 Å². The van der Waals surface area contributed by atoms with E-state index >= 15 is 0 Å². The second-order valence-electron chi connectivity index (χ2n) is 6.96. The third-order valence-electron chi connectivity index (χ3n) is 4.46. The predicted octanol–water partition coefficient (Wildman–Crippen LogP) is 4.55. The molecule has 2 aromatic heterocycles. The first kappa shape index (κ1) is 22.6. The number of benzene rings is 1. The molecule has 1 aliphatic rings. The topological polar surface area (TPSA) is 54.9 Å².